The molecule has 12 nitrogen and oxygen atoms in total. The van der Waals surface area contributed by atoms with E-state index in [4.69, 9.17) is 20.6 Å². The zero-order chi connectivity index (χ0) is 25.2. The molecule has 36 heavy (non-hydrogen) atoms. The summed E-state index contributed by atoms with van der Waals surface area (Å²) in [5.41, 5.74) is 4.71. The SMILES string of the molecule is Cc1cc([N+](=O)[O-])c(-c2ccc(/C=N/Nc3nc4nonc4nc3Nc3ccc(Br)cc3)o2)cc1Cl. The maximum Gasteiger partial charge on any atom is 0.280 e. The van der Waals surface area contributed by atoms with Crippen molar-refractivity contribution in [2.24, 2.45) is 5.10 Å². The van der Waals surface area contributed by atoms with Crippen molar-refractivity contribution in [3.8, 4) is 11.3 Å². The van der Waals surface area contributed by atoms with E-state index < -0.39 is 4.92 Å². The lowest BCUT2D eigenvalue weighted by Crippen LogP contribution is -2.03. The molecule has 180 valence electrons. The highest BCUT2D eigenvalue weighted by Gasteiger charge is 2.20. The molecule has 2 aromatic carbocycles. The molecule has 3 aromatic heterocycles. The number of benzene rings is 2. The molecule has 5 aromatic rings. The molecule has 0 saturated heterocycles. The molecule has 0 atom stereocenters. The number of anilines is 3. The first-order chi connectivity index (χ1) is 17.4. The number of fused-ring (bicyclic) bond motifs is 1. The summed E-state index contributed by atoms with van der Waals surface area (Å²) >= 11 is 9.57. The Labute approximate surface area is 215 Å². The van der Waals surface area contributed by atoms with Crippen LogP contribution in [0, 0.1) is 17.0 Å². The molecule has 14 heteroatoms. The van der Waals surface area contributed by atoms with Crippen LogP contribution in [-0.4, -0.2) is 31.4 Å². The lowest BCUT2D eigenvalue weighted by atomic mass is 10.1. The van der Waals surface area contributed by atoms with E-state index in [0.717, 1.165) is 10.2 Å². The summed E-state index contributed by atoms with van der Waals surface area (Å²) in [4.78, 5) is 19.7. The van der Waals surface area contributed by atoms with E-state index in [2.05, 4.69) is 52.1 Å². The fourth-order valence-corrected chi connectivity index (χ4v) is 3.64. The van der Waals surface area contributed by atoms with Crippen LogP contribution in [0.4, 0.5) is 23.0 Å². The first kappa shape index (κ1) is 23.4. The van der Waals surface area contributed by atoms with Gasteiger partial charge in [-0.05, 0) is 65.3 Å². The molecular weight excluding hydrogens is 556 g/mol. The molecule has 0 aliphatic rings. The number of nitrogens with zero attached hydrogens (tertiary/aromatic N) is 6. The summed E-state index contributed by atoms with van der Waals surface area (Å²) in [7, 11) is 0. The summed E-state index contributed by atoms with van der Waals surface area (Å²) in [6.07, 6.45) is 1.39. The van der Waals surface area contributed by atoms with Gasteiger partial charge in [0.1, 0.15) is 11.5 Å². The van der Waals surface area contributed by atoms with Gasteiger partial charge in [0.25, 0.3) is 5.69 Å². The van der Waals surface area contributed by atoms with E-state index in [-0.39, 0.29) is 34.1 Å². The van der Waals surface area contributed by atoms with Gasteiger partial charge in [-0.1, -0.05) is 27.5 Å². The molecule has 0 amide bonds. The zero-order valence-electron chi connectivity index (χ0n) is 18.3. The summed E-state index contributed by atoms with van der Waals surface area (Å²) < 4.78 is 11.4. The number of hydrazone groups is 1. The third-order valence-corrected chi connectivity index (χ3v) is 5.89. The molecule has 0 aliphatic carbocycles. The van der Waals surface area contributed by atoms with Gasteiger partial charge in [-0.3, -0.25) is 15.5 Å². The quantitative estimate of drug-likeness (QED) is 0.133. The Morgan fingerprint density at radius 3 is 2.53 bits per heavy atom. The molecule has 0 unspecified atom stereocenters. The van der Waals surface area contributed by atoms with Gasteiger partial charge in [0.05, 0.1) is 16.7 Å². The highest BCUT2D eigenvalue weighted by molar-refractivity contribution is 9.10. The number of aryl methyl sites for hydroxylation is 1. The van der Waals surface area contributed by atoms with Crippen LogP contribution >= 0.6 is 27.5 Å². The second-order valence-electron chi connectivity index (χ2n) is 7.41. The summed E-state index contributed by atoms with van der Waals surface area (Å²) in [6.45, 7) is 1.69. The summed E-state index contributed by atoms with van der Waals surface area (Å²) in [5.74, 6) is 1.20. The standard InChI is InChI=1S/C22H14BrClN8O4/c1-11-8-17(32(33)34)15(9-16(11)24)18-7-6-14(35-18)10-25-29-20-19(26-13-4-2-12(23)3-5-13)27-21-22(28-20)31-36-30-21/h2-10H,1H3,(H,26,27,30)(H,28,29,31)/b25-10+. The van der Waals surface area contributed by atoms with Gasteiger partial charge in [0.15, 0.2) is 11.6 Å². The van der Waals surface area contributed by atoms with E-state index in [9.17, 15) is 10.1 Å². The van der Waals surface area contributed by atoms with Crippen LogP contribution < -0.4 is 10.7 Å². The summed E-state index contributed by atoms with van der Waals surface area (Å²) in [6, 6.07) is 13.6. The van der Waals surface area contributed by atoms with E-state index in [1.165, 1.54) is 18.3 Å². The largest absolute Gasteiger partial charge is 0.455 e. The van der Waals surface area contributed by atoms with Crippen LogP contribution in [0.2, 0.25) is 5.02 Å². The number of nitrogens with one attached hydrogen (secondary N) is 2. The summed E-state index contributed by atoms with van der Waals surface area (Å²) in [5, 5.41) is 26.6. The number of nitro benzene ring substituents is 1. The second kappa shape index (κ2) is 9.71. The topological polar surface area (TPSA) is 157 Å². The lowest BCUT2D eigenvalue weighted by Gasteiger charge is -2.09. The number of aromatic nitrogens is 4. The Morgan fingerprint density at radius 2 is 1.81 bits per heavy atom. The number of furan rings is 1. The van der Waals surface area contributed by atoms with Crippen molar-refractivity contribution in [2.75, 3.05) is 10.7 Å². The van der Waals surface area contributed by atoms with Crippen molar-refractivity contribution in [1.29, 1.82) is 0 Å². The van der Waals surface area contributed by atoms with E-state index in [1.807, 2.05) is 24.3 Å². The van der Waals surface area contributed by atoms with Crippen LogP contribution in [0.5, 0.6) is 0 Å². The highest BCUT2D eigenvalue weighted by Crippen LogP contribution is 2.35. The van der Waals surface area contributed by atoms with E-state index >= 15 is 0 Å². The third kappa shape index (κ3) is 4.87. The van der Waals surface area contributed by atoms with Gasteiger partial charge < -0.3 is 9.73 Å². The molecule has 0 radical (unpaired) electrons. The minimum Gasteiger partial charge on any atom is -0.455 e. The molecule has 5 rings (SSSR count). The Kier molecular flexibility index (Phi) is 6.31. The molecule has 0 aliphatic heterocycles. The molecular formula is C22H14BrClN8O4. The molecule has 2 N–H and O–H groups in total. The van der Waals surface area contributed by atoms with Crippen LogP contribution in [0.15, 0.2) is 67.2 Å². The molecule has 0 saturated carbocycles. The van der Waals surface area contributed by atoms with Crippen molar-refractivity contribution in [3.05, 3.63) is 79.5 Å². The molecule has 3 heterocycles. The minimum absolute atomic E-state index is 0.110. The average Bonchev–Trinajstić information content (AvgIpc) is 3.51. The van der Waals surface area contributed by atoms with Gasteiger partial charge in [-0.2, -0.15) is 10.1 Å². The Bertz CT molecular complexity index is 1620. The van der Waals surface area contributed by atoms with Gasteiger partial charge in [-0.25, -0.2) is 9.61 Å². The Morgan fingerprint density at radius 1 is 1.08 bits per heavy atom. The zero-order valence-corrected chi connectivity index (χ0v) is 20.6. The number of rotatable bonds is 7. The highest BCUT2D eigenvalue weighted by atomic mass is 79.9. The number of hydrogen-bond acceptors (Lipinski definition) is 11. The Balaban J connectivity index is 1.40. The smallest absolute Gasteiger partial charge is 0.280 e. The van der Waals surface area contributed by atoms with Gasteiger partial charge in [0.2, 0.25) is 11.3 Å². The fraction of sp³-hybridized carbons (Fsp3) is 0.0455. The normalized spacial score (nSPS) is 11.3. The monoisotopic (exact) mass is 568 g/mol. The van der Waals surface area contributed by atoms with Crippen LogP contribution in [0.1, 0.15) is 11.3 Å². The van der Waals surface area contributed by atoms with E-state index in [0.29, 0.717) is 22.2 Å². The predicted molar refractivity (Wildman–Crippen MR) is 137 cm³/mol. The van der Waals surface area contributed by atoms with Crippen molar-refractivity contribution in [2.45, 2.75) is 6.92 Å². The molecule has 0 fully saturated rings. The first-order valence-corrected chi connectivity index (χ1v) is 11.4. The van der Waals surface area contributed by atoms with E-state index in [1.54, 1.807) is 19.1 Å². The third-order valence-electron chi connectivity index (χ3n) is 4.95. The first-order valence-electron chi connectivity index (χ1n) is 10.2. The predicted octanol–water partition coefficient (Wildman–Crippen LogP) is 6.09. The number of halogens is 2. The average molecular weight is 570 g/mol. The lowest BCUT2D eigenvalue weighted by molar-refractivity contribution is -0.384. The maximum atomic E-state index is 11.5. The minimum atomic E-state index is -0.482. The van der Waals surface area contributed by atoms with Gasteiger partial charge >= 0.3 is 0 Å². The second-order valence-corrected chi connectivity index (χ2v) is 8.73. The van der Waals surface area contributed by atoms with Crippen LogP contribution in [0.25, 0.3) is 22.6 Å². The maximum absolute atomic E-state index is 11.5. The Hall–Kier alpha value is -4.36. The van der Waals surface area contributed by atoms with Crippen molar-refractivity contribution in [3.63, 3.8) is 0 Å². The van der Waals surface area contributed by atoms with Crippen molar-refractivity contribution in [1.82, 2.24) is 20.3 Å². The molecule has 0 spiro atoms. The fourth-order valence-electron chi connectivity index (χ4n) is 3.21. The van der Waals surface area contributed by atoms with Crippen LogP contribution in [-0.2, 0) is 0 Å². The van der Waals surface area contributed by atoms with Crippen molar-refractivity contribution < 1.29 is 14.0 Å². The van der Waals surface area contributed by atoms with Crippen LogP contribution in [0.3, 0.4) is 0 Å². The van der Waals surface area contributed by atoms with Gasteiger partial charge in [0, 0.05) is 21.2 Å². The number of nitro groups is 1. The number of hydrogen-bond donors (Lipinski definition) is 2. The van der Waals surface area contributed by atoms with Crippen molar-refractivity contribution >= 4 is 68.1 Å². The van der Waals surface area contributed by atoms with Gasteiger partial charge in [-0.15, -0.1) is 0 Å². The molecule has 0 bridgehead atoms.